The molecule has 3 N–H and O–H groups in total. The number of hydrogen-bond donors (Lipinski definition) is 3. The van der Waals surface area contributed by atoms with E-state index in [2.05, 4.69) is 45.8 Å². The second kappa shape index (κ2) is 11.5. The summed E-state index contributed by atoms with van der Waals surface area (Å²) in [5, 5.41) is 8.22. The molecule has 7 rings (SSSR count). The summed E-state index contributed by atoms with van der Waals surface area (Å²) in [6, 6.07) is 8.52. The van der Waals surface area contributed by atoms with Gasteiger partial charge in [0.25, 0.3) is 0 Å². The number of morpholine rings is 1. The Kier molecular flexibility index (Phi) is 7.34. The van der Waals surface area contributed by atoms with Crippen LogP contribution in [0.15, 0.2) is 61.3 Å². The fourth-order valence-electron chi connectivity index (χ4n) is 5.37. The molecule has 0 radical (unpaired) electrons. The molecule has 0 amide bonds. The maximum Gasteiger partial charge on any atom is 0.209 e. The summed E-state index contributed by atoms with van der Waals surface area (Å²) in [7, 11) is -3.44. The number of nitrogens with zero attached hydrogens (tertiary/aromatic N) is 6. The summed E-state index contributed by atoms with van der Waals surface area (Å²) >= 11 is 0. The lowest BCUT2D eigenvalue weighted by Gasteiger charge is -2.26. The first kappa shape index (κ1) is 28.2. The van der Waals surface area contributed by atoms with Crippen molar-refractivity contribution in [1.29, 1.82) is 0 Å². The van der Waals surface area contributed by atoms with Gasteiger partial charge in [-0.05, 0) is 47.0 Å². The summed E-state index contributed by atoms with van der Waals surface area (Å²) in [5.74, 6) is 0.0208. The van der Waals surface area contributed by atoms with E-state index in [4.69, 9.17) is 9.72 Å². The van der Waals surface area contributed by atoms with Gasteiger partial charge in [0.2, 0.25) is 10.0 Å². The lowest BCUT2D eigenvalue weighted by atomic mass is 10.0. The van der Waals surface area contributed by atoms with Crippen LogP contribution in [-0.2, 0) is 27.8 Å². The Morgan fingerprint density at radius 1 is 0.955 bits per heavy atom. The van der Waals surface area contributed by atoms with E-state index in [1.807, 2.05) is 18.5 Å². The normalized spacial score (nSPS) is 14.5. The Morgan fingerprint density at radius 3 is 2.59 bits per heavy atom. The van der Waals surface area contributed by atoms with Crippen molar-refractivity contribution in [3.63, 3.8) is 0 Å². The number of halogens is 1. The van der Waals surface area contributed by atoms with Crippen LogP contribution in [0.5, 0.6) is 0 Å². The van der Waals surface area contributed by atoms with Gasteiger partial charge in [-0.3, -0.25) is 20.0 Å². The molecular weight excluding hydrogens is 585 g/mol. The topological polar surface area (TPSA) is 155 Å². The Bertz CT molecular complexity index is 2110. The Hall–Kier alpha value is -4.63. The van der Waals surface area contributed by atoms with Gasteiger partial charge in [0.15, 0.2) is 11.5 Å². The van der Waals surface area contributed by atoms with Gasteiger partial charge in [-0.25, -0.2) is 27.5 Å². The summed E-state index contributed by atoms with van der Waals surface area (Å²) in [6.07, 6.45) is 9.80. The first-order valence-corrected chi connectivity index (χ1v) is 15.9. The van der Waals surface area contributed by atoms with Crippen molar-refractivity contribution in [3.05, 3.63) is 78.3 Å². The quantitative estimate of drug-likeness (QED) is 0.233. The number of H-pyrrole nitrogens is 2. The van der Waals surface area contributed by atoms with Gasteiger partial charge in [-0.1, -0.05) is 0 Å². The van der Waals surface area contributed by atoms with Crippen molar-refractivity contribution in [2.75, 3.05) is 32.6 Å². The molecule has 0 unspecified atom stereocenters. The van der Waals surface area contributed by atoms with Crippen molar-refractivity contribution in [2.24, 2.45) is 0 Å². The molecular formula is C30H28FN9O3S. The Balaban J connectivity index is 1.23. The number of pyridine rings is 3. The van der Waals surface area contributed by atoms with Gasteiger partial charge in [0.05, 0.1) is 42.1 Å². The number of fused-ring (bicyclic) bond motifs is 2. The number of nitrogens with one attached hydrogen (secondary N) is 3. The van der Waals surface area contributed by atoms with E-state index < -0.39 is 15.8 Å². The molecule has 1 fully saturated rings. The molecule has 224 valence electrons. The minimum absolute atomic E-state index is 0.0417. The van der Waals surface area contributed by atoms with E-state index in [0.717, 1.165) is 61.2 Å². The summed E-state index contributed by atoms with van der Waals surface area (Å²) in [6.45, 7) is 4.02. The van der Waals surface area contributed by atoms with E-state index in [1.54, 1.807) is 24.7 Å². The first-order chi connectivity index (χ1) is 21.3. The highest BCUT2D eigenvalue weighted by molar-refractivity contribution is 7.88. The van der Waals surface area contributed by atoms with Crippen LogP contribution in [0.25, 0.3) is 55.8 Å². The van der Waals surface area contributed by atoms with Crippen LogP contribution in [0.3, 0.4) is 0 Å². The highest BCUT2D eigenvalue weighted by atomic mass is 32.2. The number of ether oxygens (including phenoxy) is 1. The van der Waals surface area contributed by atoms with Gasteiger partial charge in [0, 0.05) is 67.7 Å². The highest BCUT2D eigenvalue weighted by Gasteiger charge is 2.18. The van der Waals surface area contributed by atoms with Crippen LogP contribution in [0.4, 0.5) is 4.39 Å². The fraction of sp³-hybridized carbons (Fsp3) is 0.233. The predicted octanol–water partition coefficient (Wildman–Crippen LogP) is 3.65. The average molecular weight is 614 g/mol. The number of aromatic nitrogens is 7. The molecule has 0 bridgehead atoms. The zero-order chi connectivity index (χ0) is 30.3. The van der Waals surface area contributed by atoms with E-state index in [9.17, 15) is 12.8 Å². The Labute approximate surface area is 251 Å². The van der Waals surface area contributed by atoms with Gasteiger partial charge in [-0.2, -0.15) is 5.10 Å². The number of sulfonamides is 1. The predicted molar refractivity (Wildman–Crippen MR) is 163 cm³/mol. The standard InChI is InChI=1S/C30H28FN9O3S/c1-44(41,42)35-12-18-6-20(9-23(31)8-18)25-15-33-16-26-27(25)37-30(36-26)28-24-10-22(14-34-29(24)39-38-28)21-7-19(11-32-13-21)17-40-2-4-43-5-3-40/h6-11,13-16,35H,2-5,12,17H2,1H3,(H,36,37)(H,34,38,39). The molecule has 1 saturated heterocycles. The molecule has 1 aliphatic heterocycles. The third-order valence-electron chi connectivity index (χ3n) is 7.49. The zero-order valence-corrected chi connectivity index (χ0v) is 24.5. The molecule has 1 aliphatic rings. The van der Waals surface area contributed by atoms with Gasteiger partial charge in [0.1, 0.15) is 11.5 Å². The summed E-state index contributed by atoms with van der Waals surface area (Å²) in [5.41, 5.74) is 6.94. The van der Waals surface area contributed by atoms with E-state index in [0.29, 0.717) is 44.9 Å². The van der Waals surface area contributed by atoms with E-state index in [1.165, 1.54) is 12.1 Å². The molecule has 12 nitrogen and oxygen atoms in total. The molecule has 0 spiro atoms. The van der Waals surface area contributed by atoms with Gasteiger partial charge < -0.3 is 9.72 Å². The smallest absolute Gasteiger partial charge is 0.209 e. The second-order valence-corrected chi connectivity index (χ2v) is 12.6. The van der Waals surface area contributed by atoms with Crippen molar-refractivity contribution >= 4 is 32.1 Å². The number of hydrogen-bond acceptors (Lipinski definition) is 9. The monoisotopic (exact) mass is 613 g/mol. The third-order valence-corrected chi connectivity index (χ3v) is 8.15. The maximum absolute atomic E-state index is 14.6. The van der Waals surface area contributed by atoms with Gasteiger partial charge >= 0.3 is 0 Å². The van der Waals surface area contributed by atoms with Crippen molar-refractivity contribution in [2.45, 2.75) is 13.1 Å². The number of imidazole rings is 1. The summed E-state index contributed by atoms with van der Waals surface area (Å²) in [4.78, 5) is 23.9. The van der Waals surface area contributed by atoms with Crippen LogP contribution < -0.4 is 4.72 Å². The molecule has 0 aliphatic carbocycles. The first-order valence-electron chi connectivity index (χ1n) is 14.0. The molecule has 0 atom stereocenters. The maximum atomic E-state index is 14.6. The van der Waals surface area contributed by atoms with Crippen molar-refractivity contribution in [3.8, 4) is 33.8 Å². The van der Waals surface area contributed by atoms with Crippen molar-refractivity contribution < 1.29 is 17.5 Å². The molecule has 1 aromatic carbocycles. The minimum Gasteiger partial charge on any atom is -0.379 e. The largest absolute Gasteiger partial charge is 0.379 e. The molecule has 6 heterocycles. The summed E-state index contributed by atoms with van der Waals surface area (Å²) < 4.78 is 45.6. The highest BCUT2D eigenvalue weighted by Crippen LogP contribution is 2.33. The third kappa shape index (κ3) is 5.92. The number of benzene rings is 1. The van der Waals surface area contributed by atoms with Crippen molar-refractivity contribution in [1.82, 2.24) is 44.7 Å². The SMILES string of the molecule is CS(=O)(=O)NCc1cc(F)cc(-c2cncc3[nH]c(-c4[nH]nc5ncc(-c6cncc(CN7CCOCC7)c6)cc45)nc23)c1. The lowest BCUT2D eigenvalue weighted by molar-refractivity contribution is 0.0341. The van der Waals surface area contributed by atoms with E-state index in [-0.39, 0.29) is 6.54 Å². The van der Waals surface area contributed by atoms with Gasteiger partial charge in [-0.15, -0.1) is 0 Å². The minimum atomic E-state index is -3.44. The number of rotatable bonds is 8. The molecule has 0 saturated carbocycles. The number of aromatic amines is 2. The van der Waals surface area contributed by atoms with Crippen LogP contribution in [0, 0.1) is 5.82 Å². The van der Waals surface area contributed by atoms with Crippen LogP contribution in [-0.4, -0.2) is 81.0 Å². The zero-order valence-electron chi connectivity index (χ0n) is 23.7. The molecule has 6 aromatic rings. The van der Waals surface area contributed by atoms with Crippen LogP contribution in [0.1, 0.15) is 11.1 Å². The second-order valence-electron chi connectivity index (χ2n) is 10.8. The van der Waals surface area contributed by atoms with Crippen LogP contribution in [0.2, 0.25) is 0 Å². The van der Waals surface area contributed by atoms with Crippen LogP contribution >= 0.6 is 0 Å². The molecule has 14 heteroatoms. The molecule has 44 heavy (non-hydrogen) atoms. The average Bonchev–Trinajstić information content (AvgIpc) is 3.64. The fourth-order valence-corrected chi connectivity index (χ4v) is 5.80. The lowest BCUT2D eigenvalue weighted by Crippen LogP contribution is -2.35. The molecule has 5 aromatic heterocycles. The Morgan fingerprint density at radius 2 is 1.75 bits per heavy atom. The van der Waals surface area contributed by atoms with E-state index >= 15 is 0 Å².